The molecule has 1 aliphatic heterocycles. The van der Waals surface area contributed by atoms with Crippen LogP contribution in [0.4, 0.5) is 11.5 Å². The van der Waals surface area contributed by atoms with Crippen LogP contribution >= 0.6 is 0 Å². The number of hydrogen-bond acceptors (Lipinski definition) is 7. The van der Waals surface area contributed by atoms with E-state index >= 15 is 0 Å². The summed E-state index contributed by atoms with van der Waals surface area (Å²) in [6, 6.07) is 9.08. The number of amides is 1. The Hall–Kier alpha value is -2.71. The number of carbonyl (C=O) groups is 1. The Kier molecular flexibility index (Phi) is 10.8. The molecular formula is C27H42N6O2. The van der Waals surface area contributed by atoms with Crippen molar-refractivity contribution in [2.75, 3.05) is 36.5 Å². The van der Waals surface area contributed by atoms with E-state index < -0.39 is 0 Å². The summed E-state index contributed by atoms with van der Waals surface area (Å²) < 4.78 is 5.84. The van der Waals surface area contributed by atoms with Crippen molar-refractivity contribution < 1.29 is 9.53 Å². The second-order valence-electron chi connectivity index (χ2n) is 9.13. The predicted molar refractivity (Wildman–Crippen MR) is 142 cm³/mol. The first kappa shape index (κ1) is 26.9. The van der Waals surface area contributed by atoms with Gasteiger partial charge in [0.15, 0.2) is 5.82 Å². The van der Waals surface area contributed by atoms with Crippen LogP contribution in [0.3, 0.4) is 0 Å². The predicted octanol–water partition coefficient (Wildman–Crippen LogP) is 4.48. The zero-order valence-corrected chi connectivity index (χ0v) is 21.7. The van der Waals surface area contributed by atoms with Gasteiger partial charge in [-0.2, -0.15) is 9.97 Å². The van der Waals surface area contributed by atoms with Crippen molar-refractivity contribution in [3.8, 4) is 6.01 Å². The molecule has 0 aliphatic carbocycles. The van der Waals surface area contributed by atoms with Crippen LogP contribution in [0.5, 0.6) is 6.01 Å². The van der Waals surface area contributed by atoms with Crippen molar-refractivity contribution in [2.45, 2.75) is 78.9 Å². The highest BCUT2D eigenvalue weighted by Gasteiger charge is 2.21. The first-order valence-corrected chi connectivity index (χ1v) is 13.2. The van der Waals surface area contributed by atoms with Gasteiger partial charge in [-0.25, -0.2) is 0 Å². The van der Waals surface area contributed by atoms with Gasteiger partial charge in [-0.15, -0.1) is 0 Å². The van der Waals surface area contributed by atoms with E-state index in [0.717, 1.165) is 19.4 Å². The molecule has 35 heavy (non-hydrogen) atoms. The number of nitrogens with one attached hydrogen (secondary N) is 1. The summed E-state index contributed by atoms with van der Waals surface area (Å²) in [5, 5.41) is 2.99. The quantitative estimate of drug-likeness (QED) is 0.407. The lowest BCUT2D eigenvalue weighted by Gasteiger charge is -2.28. The van der Waals surface area contributed by atoms with E-state index in [9.17, 15) is 4.79 Å². The molecule has 1 aromatic heterocycles. The summed E-state index contributed by atoms with van der Waals surface area (Å²) in [6.45, 7) is 11.5. The zero-order valence-electron chi connectivity index (χ0n) is 21.7. The number of likely N-dealkylation sites (tertiary alicyclic amines) is 1. The van der Waals surface area contributed by atoms with Gasteiger partial charge in [0.1, 0.15) is 5.69 Å². The molecular weight excluding hydrogens is 440 g/mol. The number of rotatable bonds is 13. The number of aromatic nitrogens is 2. The molecule has 1 aliphatic rings. The van der Waals surface area contributed by atoms with Crippen LogP contribution in [0.1, 0.15) is 76.1 Å². The molecule has 1 amide bonds. The summed E-state index contributed by atoms with van der Waals surface area (Å²) in [5.41, 5.74) is 9.74. The molecule has 1 fully saturated rings. The van der Waals surface area contributed by atoms with Gasteiger partial charge in [0.25, 0.3) is 0 Å². The Bertz CT molecular complexity index is 945. The Morgan fingerprint density at radius 1 is 1.14 bits per heavy atom. The summed E-state index contributed by atoms with van der Waals surface area (Å²) >= 11 is 0. The van der Waals surface area contributed by atoms with Crippen LogP contribution in [0.2, 0.25) is 0 Å². The van der Waals surface area contributed by atoms with Crippen LogP contribution < -0.4 is 20.7 Å². The second-order valence-corrected chi connectivity index (χ2v) is 9.13. The van der Waals surface area contributed by atoms with Gasteiger partial charge < -0.3 is 20.7 Å². The topological polar surface area (TPSA) is 96.6 Å². The summed E-state index contributed by atoms with van der Waals surface area (Å²) in [6.07, 6.45) is 6.23. The molecule has 0 radical (unpaired) electrons. The number of anilines is 2. The second kappa shape index (κ2) is 14.0. The van der Waals surface area contributed by atoms with Crippen LogP contribution in [-0.4, -0.2) is 47.0 Å². The number of hydrogen-bond donors (Lipinski definition) is 2. The Balaban J connectivity index is 1.88. The van der Waals surface area contributed by atoms with E-state index in [0.29, 0.717) is 49.3 Å². The Morgan fingerprint density at radius 3 is 2.60 bits per heavy atom. The molecule has 0 saturated carbocycles. The first-order valence-electron chi connectivity index (χ1n) is 13.2. The highest BCUT2D eigenvalue weighted by molar-refractivity contribution is 5.94. The number of nitrogens with zero attached hydrogens (tertiary/aromatic N) is 4. The summed E-state index contributed by atoms with van der Waals surface area (Å²) in [4.78, 5) is 26.3. The molecule has 0 bridgehead atoms. The molecule has 0 unspecified atom stereocenters. The zero-order chi connectivity index (χ0) is 25.0. The van der Waals surface area contributed by atoms with Gasteiger partial charge in [0.2, 0.25) is 5.91 Å². The van der Waals surface area contributed by atoms with Gasteiger partial charge >= 0.3 is 6.01 Å². The van der Waals surface area contributed by atoms with Gasteiger partial charge in [-0.3, -0.25) is 9.69 Å². The Morgan fingerprint density at radius 2 is 1.91 bits per heavy atom. The third kappa shape index (κ3) is 7.90. The van der Waals surface area contributed by atoms with Crippen molar-refractivity contribution in [1.82, 2.24) is 14.9 Å². The monoisotopic (exact) mass is 482 g/mol. The van der Waals surface area contributed by atoms with E-state index in [4.69, 9.17) is 15.5 Å². The van der Waals surface area contributed by atoms with E-state index in [1.165, 1.54) is 43.5 Å². The average molecular weight is 483 g/mol. The summed E-state index contributed by atoms with van der Waals surface area (Å²) in [5.74, 6) is 0.557. The number of nitrogens with two attached hydrogens (primary N) is 1. The molecule has 0 atom stereocenters. The van der Waals surface area contributed by atoms with E-state index in [-0.39, 0.29) is 12.5 Å². The molecule has 1 saturated heterocycles. The third-order valence-electron chi connectivity index (χ3n) is 6.35. The Labute approximate surface area is 210 Å². The highest BCUT2D eigenvalue weighted by atomic mass is 16.5. The maximum atomic E-state index is 12.3. The van der Waals surface area contributed by atoms with E-state index in [2.05, 4.69) is 58.2 Å². The minimum atomic E-state index is -0.0937. The molecule has 8 nitrogen and oxygen atoms in total. The van der Waals surface area contributed by atoms with E-state index in [1.807, 2.05) is 6.92 Å². The highest BCUT2D eigenvalue weighted by Crippen LogP contribution is 2.30. The number of carbonyl (C=O) groups excluding carboxylic acids is 1. The molecule has 3 rings (SSSR count). The van der Waals surface area contributed by atoms with Crippen LogP contribution in [0.25, 0.3) is 0 Å². The van der Waals surface area contributed by atoms with E-state index in [1.54, 1.807) is 0 Å². The minimum Gasteiger partial charge on any atom is -0.463 e. The van der Waals surface area contributed by atoms with Gasteiger partial charge in [0, 0.05) is 32.6 Å². The number of unbranched alkanes of at least 4 members (excludes halogenated alkanes) is 1. The van der Waals surface area contributed by atoms with Crippen molar-refractivity contribution in [3.05, 3.63) is 41.1 Å². The van der Waals surface area contributed by atoms with Gasteiger partial charge in [-0.1, -0.05) is 51.0 Å². The molecule has 2 aromatic rings. The van der Waals surface area contributed by atoms with Crippen molar-refractivity contribution >= 4 is 17.4 Å². The maximum absolute atomic E-state index is 12.3. The maximum Gasteiger partial charge on any atom is 0.318 e. The number of benzene rings is 1. The molecule has 8 heteroatoms. The van der Waals surface area contributed by atoms with Crippen molar-refractivity contribution in [3.63, 3.8) is 0 Å². The number of ether oxygens (including phenoxy) is 1. The largest absolute Gasteiger partial charge is 0.463 e. The van der Waals surface area contributed by atoms with Crippen LogP contribution in [0, 0.1) is 0 Å². The van der Waals surface area contributed by atoms with Crippen molar-refractivity contribution in [2.24, 2.45) is 5.73 Å². The molecule has 3 N–H and O–H groups in total. The molecule has 0 spiro atoms. The van der Waals surface area contributed by atoms with Gasteiger partial charge in [0.05, 0.1) is 12.3 Å². The number of piperidine rings is 1. The molecule has 192 valence electrons. The fourth-order valence-electron chi connectivity index (χ4n) is 4.34. The first-order chi connectivity index (χ1) is 17.1. The lowest BCUT2D eigenvalue weighted by atomic mass is 10.1. The fraction of sp³-hybridized carbons (Fsp3) is 0.593. The molecule has 2 heterocycles. The minimum absolute atomic E-state index is 0.0937. The smallest absolute Gasteiger partial charge is 0.318 e. The van der Waals surface area contributed by atoms with Crippen LogP contribution in [0.15, 0.2) is 24.3 Å². The summed E-state index contributed by atoms with van der Waals surface area (Å²) in [7, 11) is 0. The SMILES string of the molecule is CCCCOc1nc(CN)c(NC(=O)CC)c(N(CC)Cc2cccc(CN3CCCCC3)c2)n1. The third-order valence-corrected chi connectivity index (χ3v) is 6.35. The van der Waals surface area contributed by atoms with Gasteiger partial charge in [-0.05, 0) is 50.4 Å². The van der Waals surface area contributed by atoms with Crippen molar-refractivity contribution in [1.29, 1.82) is 0 Å². The average Bonchev–Trinajstić information content (AvgIpc) is 2.88. The lowest BCUT2D eigenvalue weighted by Crippen LogP contribution is -2.29. The normalized spacial score (nSPS) is 14.1. The fourth-order valence-corrected chi connectivity index (χ4v) is 4.34. The lowest BCUT2D eigenvalue weighted by molar-refractivity contribution is -0.115. The molecule has 1 aromatic carbocycles. The van der Waals surface area contributed by atoms with Crippen LogP contribution in [-0.2, 0) is 24.4 Å². The standard InChI is InChI=1S/C27H42N6O2/c1-4-7-16-35-27-29-23(18-28)25(30-24(34)5-2)26(31-27)33(6-3)20-22-13-11-12-21(17-22)19-32-14-9-8-10-15-32/h11-13,17H,4-10,14-16,18-20,28H2,1-3H3,(H,30,34).